The third kappa shape index (κ3) is 3.06. The standard InChI is InChI=1S/C23H15N3O3/c27-23(28)17-7-3-6-16(13-17)22-24-14-26(25-22)19-9-2-1-8-18(19)21-12-11-15-5-4-10-20(15)29-21/h1-14H,(H,27,28). The van der Waals surface area contributed by atoms with Crippen molar-refractivity contribution >= 4 is 5.97 Å². The van der Waals surface area contributed by atoms with Crippen LogP contribution in [0.25, 0.3) is 39.7 Å². The molecule has 6 heteroatoms. The molecular weight excluding hydrogens is 366 g/mol. The lowest BCUT2D eigenvalue weighted by Gasteiger charge is -2.10. The lowest BCUT2D eigenvalue weighted by Crippen LogP contribution is -1.99. The van der Waals surface area contributed by atoms with Gasteiger partial charge in [0.2, 0.25) is 0 Å². The van der Waals surface area contributed by atoms with E-state index in [1.165, 1.54) is 0 Å². The SMILES string of the molecule is O=C(O)c1cccc(-c2ncn(-c3ccccc3-c3ccc4cccc-4o3)n2)c1. The minimum absolute atomic E-state index is 0.195. The topological polar surface area (TPSA) is 81.1 Å². The van der Waals surface area contributed by atoms with Gasteiger partial charge >= 0.3 is 5.97 Å². The second-order valence-corrected chi connectivity index (χ2v) is 6.56. The lowest BCUT2D eigenvalue weighted by molar-refractivity contribution is 0.0697. The summed E-state index contributed by atoms with van der Waals surface area (Å²) >= 11 is 0. The van der Waals surface area contributed by atoms with Gasteiger partial charge in [-0.1, -0.05) is 36.4 Å². The number of nitrogens with zero attached hydrogens (tertiary/aromatic N) is 3. The molecule has 3 aromatic rings. The summed E-state index contributed by atoms with van der Waals surface area (Å²) in [5, 5.41) is 13.8. The number of hydrogen-bond acceptors (Lipinski definition) is 4. The van der Waals surface area contributed by atoms with Gasteiger partial charge in [-0.25, -0.2) is 14.5 Å². The molecule has 1 aliphatic heterocycles. The van der Waals surface area contributed by atoms with Crippen LogP contribution >= 0.6 is 0 Å². The molecule has 2 aliphatic rings. The molecule has 1 N–H and O–H groups in total. The largest absolute Gasteiger partial charge is 0.478 e. The predicted molar refractivity (Wildman–Crippen MR) is 108 cm³/mol. The molecule has 0 spiro atoms. The van der Waals surface area contributed by atoms with Gasteiger partial charge in [-0.2, -0.15) is 0 Å². The van der Waals surface area contributed by atoms with Crippen molar-refractivity contribution in [2.45, 2.75) is 0 Å². The highest BCUT2D eigenvalue weighted by atomic mass is 16.4. The van der Waals surface area contributed by atoms with Gasteiger partial charge in [0.25, 0.3) is 0 Å². The van der Waals surface area contributed by atoms with Crippen LogP contribution in [0.1, 0.15) is 10.4 Å². The maximum absolute atomic E-state index is 11.2. The normalized spacial score (nSPS) is 11.0. The van der Waals surface area contributed by atoms with E-state index < -0.39 is 5.97 Å². The van der Waals surface area contributed by atoms with Crippen molar-refractivity contribution in [3.05, 3.63) is 90.8 Å². The van der Waals surface area contributed by atoms with Crippen LogP contribution in [0.15, 0.2) is 89.6 Å². The first-order valence-electron chi connectivity index (χ1n) is 9.03. The lowest BCUT2D eigenvalue weighted by atomic mass is 10.1. The summed E-state index contributed by atoms with van der Waals surface area (Å²) in [4.78, 5) is 15.6. The Bertz CT molecular complexity index is 1300. The first-order valence-corrected chi connectivity index (χ1v) is 9.03. The number of benzene rings is 2. The Labute approximate surface area is 166 Å². The summed E-state index contributed by atoms with van der Waals surface area (Å²) < 4.78 is 7.73. The zero-order valence-corrected chi connectivity index (χ0v) is 15.2. The minimum Gasteiger partial charge on any atom is -0.478 e. The molecule has 1 aromatic heterocycles. The maximum Gasteiger partial charge on any atom is 0.335 e. The van der Waals surface area contributed by atoms with Crippen molar-refractivity contribution in [2.24, 2.45) is 0 Å². The zero-order valence-electron chi connectivity index (χ0n) is 15.2. The minimum atomic E-state index is -0.985. The van der Waals surface area contributed by atoms with E-state index in [0.29, 0.717) is 11.4 Å². The van der Waals surface area contributed by atoms with E-state index in [2.05, 4.69) is 10.1 Å². The number of rotatable bonds is 4. The van der Waals surface area contributed by atoms with Crippen LogP contribution in [-0.4, -0.2) is 25.8 Å². The molecule has 140 valence electrons. The molecule has 0 bridgehead atoms. The van der Waals surface area contributed by atoms with Crippen LogP contribution in [0.4, 0.5) is 0 Å². The van der Waals surface area contributed by atoms with Crippen LogP contribution in [0.3, 0.4) is 0 Å². The van der Waals surface area contributed by atoms with Crippen LogP contribution < -0.4 is 0 Å². The van der Waals surface area contributed by atoms with Gasteiger partial charge in [-0.3, -0.25) is 0 Å². The van der Waals surface area contributed by atoms with Crippen molar-refractivity contribution in [1.82, 2.24) is 14.8 Å². The Hall–Kier alpha value is -4.19. The summed E-state index contributed by atoms with van der Waals surface area (Å²) in [6.45, 7) is 0. The van der Waals surface area contributed by atoms with Gasteiger partial charge in [0.05, 0.1) is 11.3 Å². The van der Waals surface area contributed by atoms with Crippen LogP contribution in [0, 0.1) is 0 Å². The van der Waals surface area contributed by atoms with Crippen LogP contribution in [0.2, 0.25) is 0 Å². The van der Waals surface area contributed by atoms with E-state index in [0.717, 1.165) is 28.3 Å². The highest BCUT2D eigenvalue weighted by molar-refractivity contribution is 5.89. The molecule has 0 saturated heterocycles. The molecular formula is C23H15N3O3. The number of para-hydroxylation sites is 1. The zero-order chi connectivity index (χ0) is 19.8. The first-order chi connectivity index (χ1) is 14.2. The van der Waals surface area contributed by atoms with Gasteiger partial charge in [-0.15, -0.1) is 5.10 Å². The van der Waals surface area contributed by atoms with E-state index >= 15 is 0 Å². The molecule has 0 saturated carbocycles. The fraction of sp³-hybridized carbons (Fsp3) is 0. The number of aromatic nitrogens is 3. The average molecular weight is 381 g/mol. The first kappa shape index (κ1) is 16.9. The quantitative estimate of drug-likeness (QED) is 0.474. The molecule has 0 radical (unpaired) electrons. The summed E-state index contributed by atoms with van der Waals surface area (Å²) in [6.07, 6.45) is 1.61. The number of hydrogen-bond donors (Lipinski definition) is 1. The third-order valence-electron chi connectivity index (χ3n) is 4.72. The molecule has 0 unspecified atom stereocenters. The number of carboxylic acids is 1. The molecule has 0 atom stereocenters. The molecule has 0 fully saturated rings. The van der Waals surface area contributed by atoms with E-state index in [1.54, 1.807) is 35.3 Å². The van der Waals surface area contributed by atoms with E-state index in [4.69, 9.17) is 4.42 Å². The molecule has 5 rings (SSSR count). The number of fused-ring (bicyclic) bond motifs is 1. The smallest absolute Gasteiger partial charge is 0.335 e. The van der Waals surface area contributed by atoms with Crippen LogP contribution in [-0.2, 0) is 0 Å². The van der Waals surface area contributed by atoms with E-state index in [-0.39, 0.29) is 5.56 Å². The Kier molecular flexibility index (Phi) is 3.95. The maximum atomic E-state index is 11.2. The number of carboxylic acid groups (broad SMARTS) is 1. The van der Waals surface area contributed by atoms with Gasteiger partial charge in [0.15, 0.2) is 5.82 Å². The Morgan fingerprint density at radius 2 is 1.69 bits per heavy atom. The predicted octanol–water partition coefficient (Wildman–Crippen LogP) is 5.00. The second-order valence-electron chi connectivity index (χ2n) is 6.56. The summed E-state index contributed by atoms with van der Waals surface area (Å²) in [6, 6.07) is 24.2. The monoisotopic (exact) mass is 381 g/mol. The van der Waals surface area contributed by atoms with E-state index in [9.17, 15) is 9.90 Å². The molecule has 1 aliphatic carbocycles. The Morgan fingerprint density at radius 3 is 2.59 bits per heavy atom. The fourth-order valence-electron chi connectivity index (χ4n) is 3.30. The fourth-order valence-corrected chi connectivity index (χ4v) is 3.30. The molecule has 2 aromatic carbocycles. The van der Waals surface area contributed by atoms with Crippen LogP contribution in [0.5, 0.6) is 0 Å². The van der Waals surface area contributed by atoms with Gasteiger partial charge in [-0.05, 0) is 42.5 Å². The molecule has 29 heavy (non-hydrogen) atoms. The van der Waals surface area contributed by atoms with E-state index in [1.807, 2.05) is 54.6 Å². The van der Waals surface area contributed by atoms with Crippen molar-refractivity contribution in [3.8, 4) is 39.7 Å². The highest BCUT2D eigenvalue weighted by Gasteiger charge is 2.14. The van der Waals surface area contributed by atoms with Crippen molar-refractivity contribution in [2.75, 3.05) is 0 Å². The van der Waals surface area contributed by atoms with Gasteiger partial charge in [0.1, 0.15) is 17.8 Å². The Morgan fingerprint density at radius 1 is 0.862 bits per heavy atom. The summed E-state index contributed by atoms with van der Waals surface area (Å²) in [5.41, 5.74) is 3.58. The molecule has 2 heterocycles. The summed E-state index contributed by atoms with van der Waals surface area (Å²) in [7, 11) is 0. The Balaban J connectivity index is 1.57. The highest BCUT2D eigenvalue weighted by Crippen LogP contribution is 2.32. The number of carbonyl (C=O) groups is 1. The van der Waals surface area contributed by atoms with Crippen molar-refractivity contribution in [3.63, 3.8) is 0 Å². The van der Waals surface area contributed by atoms with Gasteiger partial charge < -0.3 is 9.52 Å². The van der Waals surface area contributed by atoms with Crippen molar-refractivity contribution < 1.29 is 14.3 Å². The van der Waals surface area contributed by atoms with Crippen molar-refractivity contribution in [1.29, 1.82) is 0 Å². The second kappa shape index (κ2) is 6.76. The van der Waals surface area contributed by atoms with Gasteiger partial charge in [0, 0.05) is 16.7 Å². The molecule has 6 nitrogen and oxygen atoms in total. The third-order valence-corrected chi connectivity index (χ3v) is 4.72. The molecule has 0 amide bonds. The number of aromatic carboxylic acids is 1. The average Bonchev–Trinajstić information content (AvgIpc) is 3.43. The summed E-state index contributed by atoms with van der Waals surface area (Å²) in [5.74, 6) is 1.01.